The third-order valence-electron chi connectivity index (χ3n) is 3.34. The number of hydrogen-bond donors (Lipinski definition) is 1. The Morgan fingerprint density at radius 3 is 3.20 bits per heavy atom. The molecule has 0 radical (unpaired) electrons. The zero-order chi connectivity index (χ0) is 14.1. The summed E-state index contributed by atoms with van der Waals surface area (Å²) in [6.07, 6.45) is 4.05. The normalized spacial score (nSPS) is 17.2. The van der Waals surface area contributed by atoms with Crippen LogP contribution in [0.15, 0.2) is 39.9 Å². The van der Waals surface area contributed by atoms with Gasteiger partial charge in [0.15, 0.2) is 5.82 Å². The van der Waals surface area contributed by atoms with Crippen LogP contribution in [0.1, 0.15) is 18.0 Å². The van der Waals surface area contributed by atoms with Gasteiger partial charge in [-0.15, -0.1) is 0 Å². The van der Waals surface area contributed by atoms with Crippen molar-refractivity contribution in [2.75, 3.05) is 11.9 Å². The van der Waals surface area contributed by atoms with Crippen LogP contribution in [-0.4, -0.2) is 16.2 Å². The van der Waals surface area contributed by atoms with Gasteiger partial charge in [0.25, 0.3) is 5.56 Å². The van der Waals surface area contributed by atoms with Crippen LogP contribution in [0.4, 0.5) is 5.82 Å². The minimum Gasteiger partial charge on any atom is -0.493 e. The van der Waals surface area contributed by atoms with E-state index in [4.69, 9.17) is 4.74 Å². The minimum atomic E-state index is -0.129. The van der Waals surface area contributed by atoms with E-state index in [1.54, 1.807) is 19.4 Å². The van der Waals surface area contributed by atoms with Crippen molar-refractivity contribution >= 4 is 21.7 Å². The molecule has 0 bridgehead atoms. The summed E-state index contributed by atoms with van der Waals surface area (Å²) in [4.78, 5) is 16.2. The van der Waals surface area contributed by atoms with Crippen molar-refractivity contribution in [3.8, 4) is 5.75 Å². The van der Waals surface area contributed by atoms with Gasteiger partial charge in [-0.1, -0.05) is 15.9 Å². The molecule has 1 atom stereocenters. The molecule has 104 valence electrons. The SMILES string of the molecule is Cn1ccnc(N[C@@H]2CCOc3ccc(Br)cc32)c1=O. The zero-order valence-electron chi connectivity index (χ0n) is 11.0. The summed E-state index contributed by atoms with van der Waals surface area (Å²) in [5.41, 5.74) is 0.911. The van der Waals surface area contributed by atoms with Gasteiger partial charge in [-0.25, -0.2) is 4.98 Å². The summed E-state index contributed by atoms with van der Waals surface area (Å²) >= 11 is 3.46. The Balaban J connectivity index is 1.95. The molecule has 1 aliphatic rings. The molecule has 2 aromatic rings. The molecule has 1 aliphatic heterocycles. The largest absolute Gasteiger partial charge is 0.493 e. The molecule has 1 N–H and O–H groups in total. The topological polar surface area (TPSA) is 56.1 Å². The molecule has 2 heterocycles. The Morgan fingerprint density at radius 1 is 1.50 bits per heavy atom. The second-order valence-electron chi connectivity index (χ2n) is 4.71. The summed E-state index contributed by atoms with van der Waals surface area (Å²) in [5.74, 6) is 1.22. The number of anilines is 1. The van der Waals surface area contributed by atoms with Crippen LogP contribution in [0.2, 0.25) is 0 Å². The number of aromatic nitrogens is 2. The lowest BCUT2D eigenvalue weighted by molar-refractivity contribution is 0.274. The van der Waals surface area contributed by atoms with Gasteiger partial charge in [-0.2, -0.15) is 0 Å². The second-order valence-corrected chi connectivity index (χ2v) is 5.62. The number of hydrogen-bond acceptors (Lipinski definition) is 4. The van der Waals surface area contributed by atoms with E-state index in [2.05, 4.69) is 26.2 Å². The quantitative estimate of drug-likeness (QED) is 0.915. The van der Waals surface area contributed by atoms with Gasteiger partial charge in [0.05, 0.1) is 12.6 Å². The molecular weight excluding hydrogens is 322 g/mol. The van der Waals surface area contributed by atoms with Crippen molar-refractivity contribution < 1.29 is 4.74 Å². The van der Waals surface area contributed by atoms with Gasteiger partial charge < -0.3 is 14.6 Å². The van der Waals surface area contributed by atoms with Crippen molar-refractivity contribution in [2.24, 2.45) is 7.05 Å². The Bertz CT molecular complexity index is 699. The molecule has 0 saturated heterocycles. The lowest BCUT2D eigenvalue weighted by atomic mass is 10.0. The molecule has 1 aromatic carbocycles. The van der Waals surface area contributed by atoms with E-state index in [9.17, 15) is 4.79 Å². The molecule has 0 saturated carbocycles. The van der Waals surface area contributed by atoms with Crippen LogP contribution in [0, 0.1) is 0 Å². The highest BCUT2D eigenvalue weighted by Crippen LogP contribution is 2.35. The average Bonchev–Trinajstić information content (AvgIpc) is 2.44. The smallest absolute Gasteiger partial charge is 0.293 e. The van der Waals surface area contributed by atoms with E-state index in [1.165, 1.54) is 4.57 Å². The predicted octanol–water partition coefficient (Wildman–Crippen LogP) is 2.48. The van der Waals surface area contributed by atoms with Crippen molar-refractivity contribution in [1.29, 1.82) is 0 Å². The summed E-state index contributed by atoms with van der Waals surface area (Å²) in [6, 6.07) is 5.92. The van der Waals surface area contributed by atoms with Gasteiger partial charge >= 0.3 is 0 Å². The first-order chi connectivity index (χ1) is 9.65. The van der Waals surface area contributed by atoms with Crippen molar-refractivity contribution in [3.05, 3.63) is 51.0 Å². The number of fused-ring (bicyclic) bond motifs is 1. The molecule has 0 aliphatic carbocycles. The lowest BCUT2D eigenvalue weighted by Gasteiger charge is -2.27. The fraction of sp³-hybridized carbons (Fsp3) is 0.286. The standard InChI is InChI=1S/C14H14BrN3O2/c1-18-6-5-16-13(14(18)19)17-11-4-7-20-12-3-2-9(15)8-10(11)12/h2-3,5-6,8,11H,4,7H2,1H3,(H,16,17)/t11-/m1/s1. The average molecular weight is 336 g/mol. The third kappa shape index (κ3) is 2.43. The highest BCUT2D eigenvalue weighted by atomic mass is 79.9. The monoisotopic (exact) mass is 335 g/mol. The maximum Gasteiger partial charge on any atom is 0.293 e. The molecule has 0 unspecified atom stereocenters. The molecule has 0 amide bonds. The fourth-order valence-electron chi connectivity index (χ4n) is 2.28. The Hall–Kier alpha value is -1.82. The maximum absolute atomic E-state index is 12.0. The second kappa shape index (κ2) is 5.28. The number of ether oxygens (including phenoxy) is 1. The van der Waals surface area contributed by atoms with E-state index in [0.717, 1.165) is 22.2 Å². The van der Waals surface area contributed by atoms with Gasteiger partial charge in [0, 0.05) is 35.9 Å². The van der Waals surface area contributed by atoms with Crippen molar-refractivity contribution in [1.82, 2.24) is 9.55 Å². The molecular formula is C14H14BrN3O2. The minimum absolute atomic E-state index is 0.0267. The van der Waals surface area contributed by atoms with Crippen molar-refractivity contribution in [2.45, 2.75) is 12.5 Å². The number of aryl methyl sites for hydroxylation is 1. The number of benzene rings is 1. The van der Waals surface area contributed by atoms with Gasteiger partial charge in [0.2, 0.25) is 0 Å². The third-order valence-corrected chi connectivity index (χ3v) is 3.83. The number of nitrogens with one attached hydrogen (secondary N) is 1. The fourth-order valence-corrected chi connectivity index (χ4v) is 2.66. The summed E-state index contributed by atoms with van der Waals surface area (Å²) in [6.45, 7) is 0.624. The van der Waals surface area contributed by atoms with Crippen molar-refractivity contribution in [3.63, 3.8) is 0 Å². The van der Waals surface area contributed by atoms with Crippen LogP contribution in [0.25, 0.3) is 0 Å². The summed E-state index contributed by atoms with van der Waals surface area (Å²) < 4.78 is 8.13. The van der Waals surface area contributed by atoms with Crippen LogP contribution in [0.3, 0.4) is 0 Å². The lowest BCUT2D eigenvalue weighted by Crippen LogP contribution is -2.27. The first-order valence-corrected chi connectivity index (χ1v) is 7.15. The number of rotatable bonds is 2. The Labute approximate surface area is 124 Å². The predicted molar refractivity (Wildman–Crippen MR) is 80.1 cm³/mol. The molecule has 0 fully saturated rings. The van der Waals surface area contributed by atoms with E-state index in [1.807, 2.05) is 18.2 Å². The van der Waals surface area contributed by atoms with E-state index < -0.39 is 0 Å². The van der Waals surface area contributed by atoms with Crippen LogP contribution in [-0.2, 0) is 7.05 Å². The maximum atomic E-state index is 12.0. The van der Waals surface area contributed by atoms with E-state index >= 15 is 0 Å². The highest BCUT2D eigenvalue weighted by Gasteiger charge is 2.22. The van der Waals surface area contributed by atoms with E-state index in [-0.39, 0.29) is 11.6 Å². The summed E-state index contributed by atoms with van der Waals surface area (Å²) in [5, 5.41) is 3.23. The molecule has 20 heavy (non-hydrogen) atoms. The Morgan fingerprint density at radius 2 is 2.35 bits per heavy atom. The molecule has 5 nitrogen and oxygen atoms in total. The van der Waals surface area contributed by atoms with Crippen LogP contribution < -0.4 is 15.6 Å². The van der Waals surface area contributed by atoms with Gasteiger partial charge in [-0.3, -0.25) is 4.79 Å². The number of nitrogens with zero attached hydrogens (tertiary/aromatic N) is 2. The first-order valence-electron chi connectivity index (χ1n) is 6.35. The molecule has 3 rings (SSSR count). The summed E-state index contributed by atoms with van der Waals surface area (Å²) in [7, 11) is 1.71. The highest BCUT2D eigenvalue weighted by molar-refractivity contribution is 9.10. The van der Waals surface area contributed by atoms with Gasteiger partial charge in [-0.05, 0) is 18.2 Å². The van der Waals surface area contributed by atoms with Crippen LogP contribution in [0.5, 0.6) is 5.75 Å². The van der Waals surface area contributed by atoms with E-state index in [0.29, 0.717) is 12.4 Å². The van der Waals surface area contributed by atoms with Gasteiger partial charge in [0.1, 0.15) is 5.75 Å². The molecule has 1 aromatic heterocycles. The molecule has 6 heteroatoms. The van der Waals surface area contributed by atoms with Crippen LogP contribution >= 0.6 is 15.9 Å². The Kier molecular flexibility index (Phi) is 3.48. The zero-order valence-corrected chi connectivity index (χ0v) is 12.6. The first kappa shape index (κ1) is 13.2. The number of halogens is 1. The molecule has 0 spiro atoms.